The van der Waals surface area contributed by atoms with Crippen molar-refractivity contribution in [2.45, 2.75) is 23.9 Å². The third-order valence-electron chi connectivity index (χ3n) is 2.79. The van der Waals surface area contributed by atoms with Crippen molar-refractivity contribution < 1.29 is 9.53 Å². The molecule has 2 aromatic rings. The zero-order chi connectivity index (χ0) is 15.4. The summed E-state index contributed by atoms with van der Waals surface area (Å²) < 4.78 is 7.39. The Morgan fingerprint density at radius 2 is 2.10 bits per heavy atom. The first-order chi connectivity index (χ1) is 9.97. The Hall–Kier alpha value is -1.73. The van der Waals surface area contributed by atoms with Gasteiger partial charge in [0.25, 0.3) is 0 Å². The van der Waals surface area contributed by atoms with Gasteiger partial charge in [-0.1, -0.05) is 23.4 Å². The molecule has 1 atom stereocenters. The van der Waals surface area contributed by atoms with Gasteiger partial charge in [-0.2, -0.15) is 0 Å². The van der Waals surface area contributed by atoms with Crippen LogP contribution in [-0.4, -0.2) is 25.9 Å². The number of primary amides is 1. The molecule has 0 bridgehead atoms. The Morgan fingerprint density at radius 1 is 1.43 bits per heavy atom. The molecule has 0 spiro atoms. The second kappa shape index (κ2) is 6.82. The van der Waals surface area contributed by atoms with E-state index in [4.69, 9.17) is 22.1 Å². The highest BCUT2D eigenvalue weighted by Crippen LogP contribution is 2.22. The highest BCUT2D eigenvalue weighted by Gasteiger charge is 2.16. The molecule has 1 amide bonds. The SMILES string of the molecule is C[C@H](Sc1nnc(COc2ccc(Cl)cc2)n1C)C(N)=O. The van der Waals surface area contributed by atoms with Crippen LogP contribution in [0.1, 0.15) is 12.7 Å². The maximum atomic E-state index is 11.1. The van der Waals surface area contributed by atoms with E-state index >= 15 is 0 Å². The van der Waals surface area contributed by atoms with Gasteiger partial charge in [0.2, 0.25) is 5.91 Å². The highest BCUT2D eigenvalue weighted by atomic mass is 35.5. The number of nitrogens with two attached hydrogens (primary N) is 1. The summed E-state index contributed by atoms with van der Waals surface area (Å²) >= 11 is 7.07. The summed E-state index contributed by atoms with van der Waals surface area (Å²) in [6, 6.07) is 7.07. The normalized spacial score (nSPS) is 12.1. The van der Waals surface area contributed by atoms with Gasteiger partial charge >= 0.3 is 0 Å². The van der Waals surface area contributed by atoms with Gasteiger partial charge in [0.1, 0.15) is 12.4 Å². The van der Waals surface area contributed by atoms with Crippen LogP contribution in [0.25, 0.3) is 0 Å². The van der Waals surface area contributed by atoms with Crippen LogP contribution in [0.15, 0.2) is 29.4 Å². The van der Waals surface area contributed by atoms with Crippen molar-refractivity contribution in [2.24, 2.45) is 12.8 Å². The lowest BCUT2D eigenvalue weighted by molar-refractivity contribution is -0.117. The van der Waals surface area contributed by atoms with Gasteiger partial charge in [0.15, 0.2) is 11.0 Å². The number of halogens is 1. The molecule has 1 aromatic carbocycles. The van der Waals surface area contributed by atoms with E-state index in [-0.39, 0.29) is 17.8 Å². The van der Waals surface area contributed by atoms with Crippen molar-refractivity contribution in [3.63, 3.8) is 0 Å². The van der Waals surface area contributed by atoms with Crippen molar-refractivity contribution in [3.05, 3.63) is 35.1 Å². The number of hydrogen-bond acceptors (Lipinski definition) is 5. The second-order valence-electron chi connectivity index (χ2n) is 4.36. The number of hydrogen-bond donors (Lipinski definition) is 1. The smallest absolute Gasteiger partial charge is 0.230 e. The minimum Gasteiger partial charge on any atom is -0.486 e. The summed E-state index contributed by atoms with van der Waals surface area (Å²) in [4.78, 5) is 11.1. The van der Waals surface area contributed by atoms with Gasteiger partial charge < -0.3 is 15.0 Å². The van der Waals surface area contributed by atoms with Crippen LogP contribution in [-0.2, 0) is 18.4 Å². The number of aromatic nitrogens is 3. The third-order valence-corrected chi connectivity index (χ3v) is 4.19. The maximum Gasteiger partial charge on any atom is 0.230 e. The Morgan fingerprint density at radius 3 is 2.71 bits per heavy atom. The molecule has 6 nitrogen and oxygen atoms in total. The minimum atomic E-state index is -0.387. The minimum absolute atomic E-state index is 0.274. The molecular weight excluding hydrogens is 312 g/mol. The predicted octanol–water partition coefficient (Wildman–Crippen LogP) is 2.01. The van der Waals surface area contributed by atoms with E-state index in [2.05, 4.69) is 10.2 Å². The Kier molecular flexibility index (Phi) is 5.08. The van der Waals surface area contributed by atoms with Crippen LogP contribution in [0.5, 0.6) is 5.75 Å². The molecule has 1 heterocycles. The highest BCUT2D eigenvalue weighted by molar-refractivity contribution is 8.00. The van der Waals surface area contributed by atoms with E-state index in [9.17, 15) is 4.79 Å². The number of nitrogens with zero attached hydrogens (tertiary/aromatic N) is 3. The topological polar surface area (TPSA) is 83.0 Å². The fourth-order valence-corrected chi connectivity index (χ4v) is 2.38. The lowest BCUT2D eigenvalue weighted by Gasteiger charge is -2.08. The number of amides is 1. The van der Waals surface area contributed by atoms with Gasteiger partial charge in [0.05, 0.1) is 5.25 Å². The van der Waals surface area contributed by atoms with E-state index < -0.39 is 0 Å². The van der Waals surface area contributed by atoms with Gasteiger partial charge in [-0.05, 0) is 31.2 Å². The van der Waals surface area contributed by atoms with Crippen LogP contribution < -0.4 is 10.5 Å². The Balaban J connectivity index is 2.00. The molecule has 0 aliphatic carbocycles. The number of ether oxygens (including phenoxy) is 1. The molecule has 0 unspecified atom stereocenters. The zero-order valence-corrected chi connectivity index (χ0v) is 13.2. The quantitative estimate of drug-likeness (QED) is 0.821. The van der Waals surface area contributed by atoms with Gasteiger partial charge in [0, 0.05) is 12.1 Å². The maximum absolute atomic E-state index is 11.1. The summed E-state index contributed by atoms with van der Waals surface area (Å²) in [5.74, 6) is 0.966. The van der Waals surface area contributed by atoms with E-state index in [0.717, 1.165) is 0 Å². The molecule has 1 aromatic heterocycles. The second-order valence-corrected chi connectivity index (χ2v) is 6.11. The molecule has 0 aliphatic rings. The first-order valence-electron chi connectivity index (χ1n) is 6.20. The van der Waals surface area contributed by atoms with E-state index in [1.807, 2.05) is 7.05 Å². The standard InChI is InChI=1S/C13H15ClN4O2S/c1-8(12(15)19)21-13-17-16-11(18(13)2)7-20-10-5-3-9(14)4-6-10/h3-6,8H,7H2,1-2H3,(H2,15,19)/t8-/m0/s1. The van der Waals surface area contributed by atoms with Crippen molar-refractivity contribution in [2.75, 3.05) is 0 Å². The summed E-state index contributed by atoms with van der Waals surface area (Å²) in [5.41, 5.74) is 5.23. The van der Waals surface area contributed by atoms with Gasteiger partial charge in [-0.15, -0.1) is 10.2 Å². The molecular formula is C13H15ClN4O2S. The Bertz CT molecular complexity index is 630. The molecule has 0 aliphatic heterocycles. The Labute approximate surface area is 131 Å². The fraction of sp³-hybridized carbons (Fsp3) is 0.308. The average molecular weight is 327 g/mol. The number of benzene rings is 1. The first kappa shape index (κ1) is 15.7. The largest absolute Gasteiger partial charge is 0.486 e. The molecule has 112 valence electrons. The van der Waals surface area contributed by atoms with Crippen molar-refractivity contribution in [1.29, 1.82) is 0 Å². The summed E-state index contributed by atoms with van der Waals surface area (Å²) in [5, 5.41) is 8.99. The molecule has 21 heavy (non-hydrogen) atoms. The number of thioether (sulfide) groups is 1. The summed E-state index contributed by atoms with van der Waals surface area (Å²) in [7, 11) is 1.82. The predicted molar refractivity (Wildman–Crippen MR) is 81.3 cm³/mol. The number of carbonyl (C=O) groups is 1. The third kappa shape index (κ3) is 4.12. The van der Waals surface area contributed by atoms with Crippen LogP contribution in [0.4, 0.5) is 0 Å². The summed E-state index contributed by atoms with van der Waals surface area (Å²) in [6.07, 6.45) is 0. The molecule has 0 fully saturated rings. The monoisotopic (exact) mass is 326 g/mol. The van der Waals surface area contributed by atoms with Gasteiger partial charge in [-0.3, -0.25) is 4.79 Å². The molecule has 0 saturated carbocycles. The van der Waals surface area contributed by atoms with Crippen LogP contribution in [0.2, 0.25) is 5.02 Å². The van der Waals surface area contributed by atoms with Crippen molar-refractivity contribution in [3.8, 4) is 5.75 Å². The molecule has 0 saturated heterocycles. The van der Waals surface area contributed by atoms with Crippen molar-refractivity contribution >= 4 is 29.3 Å². The van der Waals surface area contributed by atoms with Crippen LogP contribution >= 0.6 is 23.4 Å². The van der Waals surface area contributed by atoms with E-state index in [1.54, 1.807) is 35.8 Å². The summed E-state index contributed by atoms with van der Waals surface area (Å²) in [6.45, 7) is 2.00. The van der Waals surface area contributed by atoms with Crippen LogP contribution in [0, 0.1) is 0 Å². The molecule has 2 N–H and O–H groups in total. The number of rotatable bonds is 6. The molecule has 8 heteroatoms. The van der Waals surface area contributed by atoms with E-state index in [0.29, 0.717) is 21.8 Å². The van der Waals surface area contributed by atoms with Gasteiger partial charge in [-0.25, -0.2) is 0 Å². The van der Waals surface area contributed by atoms with E-state index in [1.165, 1.54) is 11.8 Å². The fourth-order valence-electron chi connectivity index (χ4n) is 1.47. The lowest BCUT2D eigenvalue weighted by atomic mass is 10.3. The van der Waals surface area contributed by atoms with Crippen molar-refractivity contribution in [1.82, 2.24) is 14.8 Å². The molecule has 2 rings (SSSR count). The van der Waals surface area contributed by atoms with Crippen LogP contribution in [0.3, 0.4) is 0 Å². The zero-order valence-electron chi connectivity index (χ0n) is 11.6. The number of carbonyl (C=O) groups excluding carboxylic acids is 1. The molecule has 0 radical (unpaired) electrons. The lowest BCUT2D eigenvalue weighted by Crippen LogP contribution is -2.23. The average Bonchev–Trinajstić information content (AvgIpc) is 2.79. The first-order valence-corrected chi connectivity index (χ1v) is 7.45.